The average Bonchev–Trinajstić information content (AvgIpc) is 2.68. The van der Waals surface area contributed by atoms with E-state index < -0.39 is 5.97 Å². The second kappa shape index (κ2) is 9.11. The molecule has 0 aliphatic heterocycles. The van der Waals surface area contributed by atoms with Crippen LogP contribution in [0.25, 0.3) is 11.1 Å². The first-order chi connectivity index (χ1) is 12.7. The summed E-state index contributed by atoms with van der Waals surface area (Å²) in [7, 11) is 0. The van der Waals surface area contributed by atoms with E-state index in [1.807, 2.05) is 42.5 Å². The molecular formula is C22H20O3S. The molecule has 0 atom stereocenters. The Morgan fingerprint density at radius 2 is 1.58 bits per heavy atom. The largest absolute Gasteiger partial charge is 0.489 e. The maximum Gasteiger partial charge on any atom is 0.313 e. The summed E-state index contributed by atoms with van der Waals surface area (Å²) in [5.74, 6) is 0.778. The van der Waals surface area contributed by atoms with Crippen molar-refractivity contribution in [2.75, 3.05) is 5.75 Å². The van der Waals surface area contributed by atoms with Crippen molar-refractivity contribution >= 4 is 17.7 Å². The number of thioether (sulfide) groups is 1. The lowest BCUT2D eigenvalue weighted by molar-refractivity contribution is -0.133. The molecule has 0 fully saturated rings. The maximum absolute atomic E-state index is 10.6. The molecule has 3 aromatic rings. The first-order valence-electron chi connectivity index (χ1n) is 8.36. The van der Waals surface area contributed by atoms with Crippen molar-refractivity contribution in [2.45, 2.75) is 12.4 Å². The van der Waals surface area contributed by atoms with Gasteiger partial charge >= 0.3 is 5.97 Å². The minimum absolute atomic E-state index is 0.110. The van der Waals surface area contributed by atoms with Crippen LogP contribution in [0.5, 0.6) is 5.75 Å². The molecule has 0 unspecified atom stereocenters. The molecule has 3 rings (SSSR count). The fourth-order valence-corrected chi connectivity index (χ4v) is 3.26. The fourth-order valence-electron chi connectivity index (χ4n) is 2.57. The Bertz CT molecular complexity index is 845. The van der Waals surface area contributed by atoms with E-state index >= 15 is 0 Å². The Hall–Kier alpha value is -2.72. The second-order valence-corrected chi connectivity index (χ2v) is 6.87. The number of carboxylic acid groups (broad SMARTS) is 1. The van der Waals surface area contributed by atoms with Gasteiger partial charge in [-0.1, -0.05) is 66.7 Å². The summed E-state index contributed by atoms with van der Waals surface area (Å²) >= 11 is 1.38. The van der Waals surface area contributed by atoms with Gasteiger partial charge in [-0.2, -0.15) is 0 Å². The number of rotatable bonds is 8. The minimum Gasteiger partial charge on any atom is -0.489 e. The van der Waals surface area contributed by atoms with Crippen LogP contribution in [0.1, 0.15) is 11.1 Å². The lowest BCUT2D eigenvalue weighted by Crippen LogP contribution is -1.98. The topological polar surface area (TPSA) is 46.5 Å². The summed E-state index contributed by atoms with van der Waals surface area (Å²) in [4.78, 5) is 10.6. The monoisotopic (exact) mass is 364 g/mol. The van der Waals surface area contributed by atoms with Crippen LogP contribution >= 0.6 is 11.8 Å². The fraction of sp³-hybridized carbons (Fsp3) is 0.136. The van der Waals surface area contributed by atoms with E-state index in [-0.39, 0.29) is 5.75 Å². The van der Waals surface area contributed by atoms with Gasteiger partial charge in [-0.15, -0.1) is 11.8 Å². The van der Waals surface area contributed by atoms with Gasteiger partial charge in [0, 0.05) is 5.75 Å². The van der Waals surface area contributed by atoms with Crippen molar-refractivity contribution in [1.82, 2.24) is 0 Å². The van der Waals surface area contributed by atoms with Crippen LogP contribution < -0.4 is 4.74 Å². The van der Waals surface area contributed by atoms with E-state index in [0.717, 1.165) is 16.9 Å². The molecule has 0 aromatic heterocycles. The zero-order chi connectivity index (χ0) is 18.2. The molecule has 3 nitrogen and oxygen atoms in total. The highest BCUT2D eigenvalue weighted by Crippen LogP contribution is 2.21. The van der Waals surface area contributed by atoms with Gasteiger partial charge in [0.15, 0.2) is 0 Å². The summed E-state index contributed by atoms with van der Waals surface area (Å²) in [6.07, 6.45) is 0. The Kier molecular flexibility index (Phi) is 6.34. The predicted octanol–water partition coefficient (Wildman–Crippen LogP) is 5.25. The lowest BCUT2D eigenvalue weighted by atomic mass is 10.0. The van der Waals surface area contributed by atoms with E-state index in [1.165, 1.54) is 22.9 Å². The summed E-state index contributed by atoms with van der Waals surface area (Å²) in [5, 5.41) is 8.70. The van der Waals surface area contributed by atoms with E-state index in [1.54, 1.807) is 0 Å². The first kappa shape index (κ1) is 18.1. The van der Waals surface area contributed by atoms with Gasteiger partial charge in [0.1, 0.15) is 12.4 Å². The molecule has 0 aliphatic carbocycles. The van der Waals surface area contributed by atoms with Gasteiger partial charge in [-0.3, -0.25) is 4.79 Å². The SMILES string of the molecule is O=C(O)CSCc1cccc(OCc2ccc(-c3ccccc3)cc2)c1. The van der Waals surface area contributed by atoms with Crippen LogP contribution in [0.2, 0.25) is 0 Å². The number of carboxylic acids is 1. The van der Waals surface area contributed by atoms with Gasteiger partial charge in [0.05, 0.1) is 5.75 Å². The van der Waals surface area contributed by atoms with Crippen molar-refractivity contribution in [3.8, 4) is 16.9 Å². The Balaban J connectivity index is 1.56. The molecule has 132 valence electrons. The van der Waals surface area contributed by atoms with Crippen LogP contribution in [-0.2, 0) is 17.2 Å². The highest BCUT2D eigenvalue weighted by Gasteiger charge is 2.02. The molecule has 0 aliphatic rings. The highest BCUT2D eigenvalue weighted by atomic mass is 32.2. The zero-order valence-corrected chi connectivity index (χ0v) is 15.1. The quantitative estimate of drug-likeness (QED) is 0.593. The smallest absolute Gasteiger partial charge is 0.313 e. The van der Waals surface area contributed by atoms with Crippen molar-refractivity contribution in [1.29, 1.82) is 0 Å². The molecule has 0 saturated carbocycles. The van der Waals surface area contributed by atoms with Crippen LogP contribution in [0.3, 0.4) is 0 Å². The third-order valence-corrected chi connectivity index (χ3v) is 4.85. The molecular weight excluding hydrogens is 344 g/mol. The van der Waals surface area contributed by atoms with Crippen molar-refractivity contribution in [3.05, 3.63) is 90.0 Å². The van der Waals surface area contributed by atoms with Gasteiger partial charge in [0.2, 0.25) is 0 Å². The standard InChI is InChI=1S/C22H20O3S/c23-22(24)16-26-15-18-5-4-8-21(13-18)25-14-17-9-11-20(12-10-17)19-6-2-1-3-7-19/h1-13H,14-16H2,(H,23,24). The Morgan fingerprint density at radius 3 is 2.31 bits per heavy atom. The maximum atomic E-state index is 10.6. The molecule has 1 N–H and O–H groups in total. The number of hydrogen-bond acceptors (Lipinski definition) is 3. The molecule has 0 spiro atoms. The normalized spacial score (nSPS) is 10.5. The lowest BCUT2D eigenvalue weighted by Gasteiger charge is -2.09. The summed E-state index contributed by atoms with van der Waals surface area (Å²) in [6.45, 7) is 0.501. The average molecular weight is 364 g/mol. The molecule has 3 aromatic carbocycles. The molecule has 0 saturated heterocycles. The van der Waals surface area contributed by atoms with E-state index in [2.05, 4.69) is 36.4 Å². The summed E-state index contributed by atoms with van der Waals surface area (Å²) in [5.41, 5.74) is 4.56. The van der Waals surface area contributed by atoms with E-state index in [4.69, 9.17) is 9.84 Å². The van der Waals surface area contributed by atoms with Crippen LogP contribution in [0, 0.1) is 0 Å². The van der Waals surface area contributed by atoms with Crippen molar-refractivity contribution < 1.29 is 14.6 Å². The Labute approximate surface area is 157 Å². The van der Waals surface area contributed by atoms with Crippen LogP contribution in [-0.4, -0.2) is 16.8 Å². The first-order valence-corrected chi connectivity index (χ1v) is 9.52. The molecule has 4 heteroatoms. The highest BCUT2D eigenvalue weighted by molar-refractivity contribution is 7.99. The van der Waals surface area contributed by atoms with Gasteiger partial charge < -0.3 is 9.84 Å². The second-order valence-electron chi connectivity index (χ2n) is 5.89. The van der Waals surface area contributed by atoms with Crippen LogP contribution in [0.15, 0.2) is 78.9 Å². The Morgan fingerprint density at radius 1 is 0.846 bits per heavy atom. The summed E-state index contributed by atoms with van der Waals surface area (Å²) < 4.78 is 5.88. The number of aliphatic carboxylic acids is 1. The zero-order valence-electron chi connectivity index (χ0n) is 14.3. The summed E-state index contributed by atoms with van der Waals surface area (Å²) in [6, 6.07) is 26.4. The van der Waals surface area contributed by atoms with Crippen LogP contribution in [0.4, 0.5) is 0 Å². The number of carbonyl (C=O) groups is 1. The number of benzene rings is 3. The van der Waals surface area contributed by atoms with Gasteiger partial charge in [-0.05, 0) is 34.4 Å². The van der Waals surface area contributed by atoms with E-state index in [9.17, 15) is 4.79 Å². The van der Waals surface area contributed by atoms with E-state index in [0.29, 0.717) is 12.4 Å². The third kappa shape index (κ3) is 5.39. The predicted molar refractivity (Wildman–Crippen MR) is 106 cm³/mol. The molecule has 0 heterocycles. The van der Waals surface area contributed by atoms with Gasteiger partial charge in [0.25, 0.3) is 0 Å². The third-order valence-electron chi connectivity index (χ3n) is 3.86. The van der Waals surface area contributed by atoms with Crippen molar-refractivity contribution in [3.63, 3.8) is 0 Å². The molecule has 26 heavy (non-hydrogen) atoms. The molecule has 0 bridgehead atoms. The molecule has 0 radical (unpaired) electrons. The van der Waals surface area contributed by atoms with Gasteiger partial charge in [-0.25, -0.2) is 0 Å². The van der Waals surface area contributed by atoms with Crippen molar-refractivity contribution in [2.24, 2.45) is 0 Å². The number of hydrogen-bond donors (Lipinski definition) is 1. The number of ether oxygens (including phenoxy) is 1. The molecule has 0 amide bonds. The minimum atomic E-state index is -0.790.